The van der Waals surface area contributed by atoms with Gasteiger partial charge >= 0.3 is 0 Å². The predicted octanol–water partition coefficient (Wildman–Crippen LogP) is 0.923. The molecule has 1 aromatic carbocycles. The molecule has 1 heterocycles. The minimum atomic E-state index is 0.0484. The summed E-state index contributed by atoms with van der Waals surface area (Å²) in [4.78, 5) is 16.0. The summed E-state index contributed by atoms with van der Waals surface area (Å²) in [6.07, 6.45) is 0.994. The normalized spacial score (nSPS) is 17.4. The second-order valence-electron chi connectivity index (χ2n) is 6.38. The molecule has 0 aromatic heterocycles. The van der Waals surface area contributed by atoms with Gasteiger partial charge in [0.2, 0.25) is 0 Å². The standard InChI is InChI=1S/C18H29N3O/c1-5-9-19-18(22)16(4)20-10-12-21(13-11-20)17-8-6-7-14(2)15(17)3/h6-8,16H,5,9-13H2,1-4H3,(H,19,22)/p+1/t16-/m1/s1. The number of carbonyl (C=O) groups is 1. The Morgan fingerprint density at radius 2 is 2.00 bits per heavy atom. The SMILES string of the molecule is CCCNC(=O)[C@@H](C)[NH+]1CCN(c2cccc(C)c2C)CC1. The zero-order valence-electron chi connectivity index (χ0n) is 14.4. The van der Waals surface area contributed by atoms with Gasteiger partial charge in [-0.05, 0) is 44.4 Å². The van der Waals surface area contributed by atoms with E-state index in [9.17, 15) is 4.79 Å². The van der Waals surface area contributed by atoms with E-state index in [0.29, 0.717) is 0 Å². The van der Waals surface area contributed by atoms with Crippen molar-refractivity contribution in [2.75, 3.05) is 37.6 Å². The lowest BCUT2D eigenvalue weighted by Crippen LogP contribution is -3.19. The third kappa shape index (κ3) is 3.80. The molecule has 0 spiro atoms. The fourth-order valence-corrected chi connectivity index (χ4v) is 3.13. The van der Waals surface area contributed by atoms with Crippen molar-refractivity contribution in [3.63, 3.8) is 0 Å². The van der Waals surface area contributed by atoms with Gasteiger partial charge in [0.05, 0.1) is 26.2 Å². The van der Waals surface area contributed by atoms with Gasteiger partial charge in [0.25, 0.3) is 5.91 Å². The Balaban J connectivity index is 1.93. The fraction of sp³-hybridized carbons (Fsp3) is 0.611. The third-order valence-electron chi connectivity index (χ3n) is 4.88. The van der Waals surface area contributed by atoms with Gasteiger partial charge in [0, 0.05) is 12.2 Å². The smallest absolute Gasteiger partial charge is 0.278 e. The maximum absolute atomic E-state index is 12.1. The van der Waals surface area contributed by atoms with Crippen molar-refractivity contribution in [3.8, 4) is 0 Å². The number of nitrogens with one attached hydrogen (secondary N) is 2. The number of nitrogens with zero attached hydrogens (tertiary/aromatic N) is 1. The topological polar surface area (TPSA) is 36.8 Å². The Kier molecular flexibility index (Phi) is 5.83. The average Bonchev–Trinajstić information content (AvgIpc) is 2.54. The summed E-state index contributed by atoms with van der Waals surface area (Å²) in [5, 5.41) is 3.02. The van der Waals surface area contributed by atoms with Gasteiger partial charge in [-0.3, -0.25) is 4.79 Å². The monoisotopic (exact) mass is 304 g/mol. The zero-order valence-corrected chi connectivity index (χ0v) is 14.4. The van der Waals surface area contributed by atoms with Gasteiger partial charge in [0.15, 0.2) is 6.04 Å². The summed E-state index contributed by atoms with van der Waals surface area (Å²) in [5.74, 6) is 0.192. The molecule has 1 amide bonds. The van der Waals surface area contributed by atoms with Crippen LogP contribution in [0.5, 0.6) is 0 Å². The molecule has 0 bridgehead atoms. The molecule has 22 heavy (non-hydrogen) atoms. The molecule has 0 aliphatic carbocycles. The minimum absolute atomic E-state index is 0.0484. The largest absolute Gasteiger partial charge is 0.360 e. The highest BCUT2D eigenvalue weighted by atomic mass is 16.2. The molecule has 2 rings (SSSR count). The van der Waals surface area contributed by atoms with E-state index < -0.39 is 0 Å². The van der Waals surface area contributed by atoms with Crippen molar-refractivity contribution in [1.29, 1.82) is 0 Å². The summed E-state index contributed by atoms with van der Waals surface area (Å²) in [6.45, 7) is 13.4. The lowest BCUT2D eigenvalue weighted by atomic mass is 10.1. The van der Waals surface area contributed by atoms with Crippen LogP contribution in [0.4, 0.5) is 5.69 Å². The first kappa shape index (κ1) is 16.8. The Morgan fingerprint density at radius 3 is 2.64 bits per heavy atom. The van der Waals surface area contributed by atoms with Crippen LogP contribution in [-0.4, -0.2) is 44.7 Å². The number of amides is 1. The lowest BCUT2D eigenvalue weighted by molar-refractivity contribution is -0.914. The second-order valence-corrected chi connectivity index (χ2v) is 6.38. The van der Waals surface area contributed by atoms with Crippen molar-refractivity contribution in [1.82, 2.24) is 5.32 Å². The summed E-state index contributed by atoms with van der Waals surface area (Å²) in [7, 11) is 0. The Hall–Kier alpha value is -1.55. The van der Waals surface area contributed by atoms with Crippen LogP contribution in [0.15, 0.2) is 18.2 Å². The summed E-state index contributed by atoms with van der Waals surface area (Å²) < 4.78 is 0. The van der Waals surface area contributed by atoms with Crippen LogP contribution in [0.3, 0.4) is 0 Å². The average molecular weight is 304 g/mol. The van der Waals surface area contributed by atoms with Crippen LogP contribution >= 0.6 is 0 Å². The summed E-state index contributed by atoms with van der Waals surface area (Å²) in [6, 6.07) is 6.57. The van der Waals surface area contributed by atoms with Crippen molar-refractivity contribution in [3.05, 3.63) is 29.3 Å². The molecule has 1 aliphatic heterocycles. The summed E-state index contributed by atoms with van der Waals surface area (Å²) >= 11 is 0. The second kappa shape index (κ2) is 7.63. The van der Waals surface area contributed by atoms with E-state index in [1.807, 2.05) is 6.92 Å². The van der Waals surface area contributed by atoms with Gasteiger partial charge in [-0.25, -0.2) is 0 Å². The lowest BCUT2D eigenvalue weighted by Gasteiger charge is -2.36. The molecule has 0 radical (unpaired) electrons. The number of hydrogen-bond acceptors (Lipinski definition) is 2. The van der Waals surface area contributed by atoms with Gasteiger partial charge < -0.3 is 15.1 Å². The van der Waals surface area contributed by atoms with Crippen molar-refractivity contribution in [2.24, 2.45) is 0 Å². The maximum atomic E-state index is 12.1. The molecule has 4 heteroatoms. The first-order chi connectivity index (χ1) is 10.5. The molecule has 2 N–H and O–H groups in total. The molecule has 1 saturated heterocycles. The molecular formula is C18H30N3O+. The molecule has 4 nitrogen and oxygen atoms in total. The summed E-state index contributed by atoms with van der Waals surface area (Å²) in [5.41, 5.74) is 4.07. The number of anilines is 1. The zero-order chi connectivity index (χ0) is 16.1. The van der Waals surface area contributed by atoms with Gasteiger partial charge in [-0.1, -0.05) is 19.1 Å². The highest BCUT2D eigenvalue weighted by Crippen LogP contribution is 2.22. The fourth-order valence-electron chi connectivity index (χ4n) is 3.13. The van der Waals surface area contributed by atoms with Crippen LogP contribution in [0.2, 0.25) is 0 Å². The number of hydrogen-bond donors (Lipinski definition) is 2. The van der Waals surface area contributed by atoms with E-state index in [1.54, 1.807) is 0 Å². The highest BCUT2D eigenvalue weighted by Gasteiger charge is 2.29. The Labute approximate surface area is 134 Å². The number of piperazine rings is 1. The first-order valence-corrected chi connectivity index (χ1v) is 8.48. The number of aryl methyl sites for hydroxylation is 1. The predicted molar refractivity (Wildman–Crippen MR) is 91.6 cm³/mol. The molecule has 1 fully saturated rings. The molecule has 1 aromatic rings. The van der Waals surface area contributed by atoms with E-state index in [0.717, 1.165) is 39.1 Å². The van der Waals surface area contributed by atoms with Crippen LogP contribution < -0.4 is 15.1 Å². The highest BCUT2D eigenvalue weighted by molar-refractivity contribution is 5.79. The minimum Gasteiger partial charge on any atom is -0.360 e. The Morgan fingerprint density at radius 1 is 1.32 bits per heavy atom. The Bertz CT molecular complexity index is 507. The van der Waals surface area contributed by atoms with Crippen LogP contribution in [0, 0.1) is 13.8 Å². The first-order valence-electron chi connectivity index (χ1n) is 8.48. The van der Waals surface area contributed by atoms with Crippen LogP contribution in [-0.2, 0) is 4.79 Å². The van der Waals surface area contributed by atoms with E-state index in [4.69, 9.17) is 0 Å². The third-order valence-corrected chi connectivity index (χ3v) is 4.88. The molecule has 122 valence electrons. The van der Waals surface area contributed by atoms with E-state index >= 15 is 0 Å². The number of quaternary nitrogens is 1. The van der Waals surface area contributed by atoms with Gasteiger partial charge in [0.1, 0.15) is 0 Å². The van der Waals surface area contributed by atoms with E-state index in [1.165, 1.54) is 21.7 Å². The van der Waals surface area contributed by atoms with Gasteiger partial charge in [-0.15, -0.1) is 0 Å². The number of rotatable bonds is 5. The van der Waals surface area contributed by atoms with Crippen LogP contribution in [0.25, 0.3) is 0 Å². The number of carbonyl (C=O) groups excluding carboxylic acids is 1. The molecular weight excluding hydrogens is 274 g/mol. The van der Waals surface area contributed by atoms with E-state index in [-0.39, 0.29) is 11.9 Å². The number of benzene rings is 1. The maximum Gasteiger partial charge on any atom is 0.278 e. The molecule has 1 atom stereocenters. The van der Waals surface area contributed by atoms with Crippen molar-refractivity contribution >= 4 is 11.6 Å². The van der Waals surface area contributed by atoms with Crippen molar-refractivity contribution < 1.29 is 9.69 Å². The molecule has 0 saturated carbocycles. The molecule has 0 unspecified atom stereocenters. The van der Waals surface area contributed by atoms with Gasteiger partial charge in [-0.2, -0.15) is 0 Å². The van der Waals surface area contributed by atoms with Crippen LogP contribution in [0.1, 0.15) is 31.4 Å². The van der Waals surface area contributed by atoms with Crippen molar-refractivity contribution in [2.45, 2.75) is 40.2 Å². The quantitative estimate of drug-likeness (QED) is 0.849. The van der Waals surface area contributed by atoms with E-state index in [2.05, 4.69) is 49.2 Å². The molecule has 1 aliphatic rings.